The third-order valence-corrected chi connectivity index (χ3v) is 7.28. The fourth-order valence-corrected chi connectivity index (χ4v) is 5.17. The number of hydrogen-bond donors (Lipinski definition) is 1. The number of likely N-dealkylation sites (N-methyl/N-ethyl adjacent to an activating group) is 1. The number of piperazine rings is 1. The number of fused-ring (bicyclic) bond motifs is 2. The van der Waals surface area contributed by atoms with E-state index in [-0.39, 0.29) is 6.54 Å². The van der Waals surface area contributed by atoms with Gasteiger partial charge in [0.25, 0.3) is 0 Å². The van der Waals surface area contributed by atoms with Crippen molar-refractivity contribution in [2.24, 2.45) is 0 Å². The number of imidazole rings is 1. The van der Waals surface area contributed by atoms with Crippen molar-refractivity contribution in [3.8, 4) is 11.3 Å². The van der Waals surface area contributed by atoms with E-state index in [9.17, 15) is 4.39 Å². The van der Waals surface area contributed by atoms with Crippen LogP contribution in [0.3, 0.4) is 0 Å². The SMILES string of the molecule is Cc1nc2ccc(-c3ccn4nc(N[C@H]5C[C@H](N6CCN(C)CC6)C5)ncc34)nc2n1CCF. The molecule has 10 heteroatoms. The van der Waals surface area contributed by atoms with Crippen molar-refractivity contribution in [1.29, 1.82) is 0 Å². The van der Waals surface area contributed by atoms with Crippen LogP contribution in [-0.4, -0.2) is 90.9 Å². The maximum Gasteiger partial charge on any atom is 0.241 e. The Morgan fingerprint density at radius 2 is 1.91 bits per heavy atom. The van der Waals surface area contributed by atoms with Crippen LogP contribution >= 0.6 is 0 Å². The molecule has 1 saturated heterocycles. The first-order valence-corrected chi connectivity index (χ1v) is 12.0. The Balaban J connectivity index is 1.18. The summed E-state index contributed by atoms with van der Waals surface area (Å²) in [5.41, 5.74) is 4.10. The summed E-state index contributed by atoms with van der Waals surface area (Å²) < 4.78 is 16.7. The minimum absolute atomic E-state index is 0.254. The molecule has 0 aromatic carbocycles. The van der Waals surface area contributed by atoms with Gasteiger partial charge in [-0.15, -0.1) is 5.10 Å². The summed E-state index contributed by atoms with van der Waals surface area (Å²) >= 11 is 0. The normalized spacial score (nSPS) is 21.9. The van der Waals surface area contributed by atoms with E-state index < -0.39 is 6.67 Å². The number of pyridine rings is 1. The van der Waals surface area contributed by atoms with Crippen LogP contribution in [0.15, 0.2) is 30.6 Å². The Kier molecular flexibility index (Phi) is 5.41. The Morgan fingerprint density at radius 3 is 2.71 bits per heavy atom. The molecule has 1 saturated carbocycles. The van der Waals surface area contributed by atoms with Gasteiger partial charge in [-0.1, -0.05) is 0 Å². The standard InChI is InChI=1S/C24H30FN9/c1-16-27-21-4-3-20(29-23(21)33(16)8-6-25)19-5-7-34-22(19)15-26-24(30-34)28-17-13-18(14-17)32-11-9-31(2)10-12-32/h3-5,7,15,17-18H,6,8-14H2,1-2H3,(H,28,30)/t17-,18-. The van der Waals surface area contributed by atoms with Gasteiger partial charge in [-0.05, 0) is 45.0 Å². The molecule has 1 aliphatic carbocycles. The highest BCUT2D eigenvalue weighted by molar-refractivity contribution is 5.82. The molecular formula is C24H30FN9. The molecule has 178 valence electrons. The molecule has 6 rings (SSSR count). The summed E-state index contributed by atoms with van der Waals surface area (Å²) in [5, 5.41) is 8.19. The summed E-state index contributed by atoms with van der Waals surface area (Å²) in [7, 11) is 2.19. The molecule has 4 aromatic heterocycles. The van der Waals surface area contributed by atoms with Gasteiger partial charge in [0.15, 0.2) is 5.65 Å². The largest absolute Gasteiger partial charge is 0.350 e. The maximum atomic E-state index is 13.0. The van der Waals surface area contributed by atoms with Crippen molar-refractivity contribution >= 4 is 22.6 Å². The van der Waals surface area contributed by atoms with E-state index in [1.54, 1.807) is 0 Å². The van der Waals surface area contributed by atoms with E-state index in [1.165, 1.54) is 0 Å². The zero-order chi connectivity index (χ0) is 23.2. The van der Waals surface area contributed by atoms with Crippen LogP contribution in [0.2, 0.25) is 0 Å². The number of aromatic nitrogens is 6. The predicted molar refractivity (Wildman–Crippen MR) is 130 cm³/mol. The molecule has 1 N–H and O–H groups in total. The first kappa shape index (κ1) is 21.4. The summed E-state index contributed by atoms with van der Waals surface area (Å²) in [6.07, 6.45) is 6.05. The second-order valence-corrected chi connectivity index (χ2v) is 9.49. The van der Waals surface area contributed by atoms with Crippen LogP contribution in [0.4, 0.5) is 10.3 Å². The topological polar surface area (TPSA) is 79.4 Å². The van der Waals surface area contributed by atoms with Gasteiger partial charge in [-0.2, -0.15) is 0 Å². The maximum absolute atomic E-state index is 13.0. The summed E-state index contributed by atoms with van der Waals surface area (Å²) in [4.78, 5) is 18.9. The number of rotatable bonds is 6. The second kappa shape index (κ2) is 8.59. The first-order chi connectivity index (χ1) is 16.6. The molecule has 0 amide bonds. The van der Waals surface area contributed by atoms with Crippen LogP contribution in [-0.2, 0) is 6.54 Å². The predicted octanol–water partition coefficient (Wildman–Crippen LogP) is 2.61. The van der Waals surface area contributed by atoms with Gasteiger partial charge in [-0.25, -0.2) is 23.9 Å². The molecule has 0 spiro atoms. The van der Waals surface area contributed by atoms with Crippen molar-refractivity contribution < 1.29 is 4.39 Å². The first-order valence-electron chi connectivity index (χ1n) is 12.0. The van der Waals surface area contributed by atoms with Crippen LogP contribution in [0.5, 0.6) is 0 Å². The molecule has 0 radical (unpaired) electrons. The lowest BCUT2D eigenvalue weighted by molar-refractivity contribution is 0.0656. The summed E-state index contributed by atoms with van der Waals surface area (Å²) in [6.45, 7) is 6.32. The number of halogens is 1. The lowest BCUT2D eigenvalue weighted by Gasteiger charge is -2.46. The number of nitrogens with zero attached hydrogens (tertiary/aromatic N) is 8. The summed E-state index contributed by atoms with van der Waals surface area (Å²) in [6, 6.07) is 6.97. The monoisotopic (exact) mass is 463 g/mol. The lowest BCUT2D eigenvalue weighted by Crippen LogP contribution is -2.55. The minimum Gasteiger partial charge on any atom is -0.350 e. The van der Waals surface area contributed by atoms with Crippen molar-refractivity contribution in [3.63, 3.8) is 0 Å². The Labute approximate surface area is 197 Å². The molecule has 9 nitrogen and oxygen atoms in total. The molecule has 0 unspecified atom stereocenters. The Bertz CT molecular complexity index is 1310. The van der Waals surface area contributed by atoms with Gasteiger partial charge >= 0.3 is 0 Å². The average Bonchev–Trinajstić information content (AvgIpc) is 3.37. The highest BCUT2D eigenvalue weighted by atomic mass is 19.1. The number of alkyl halides is 1. The lowest BCUT2D eigenvalue weighted by atomic mass is 9.85. The minimum atomic E-state index is -0.450. The number of anilines is 1. The quantitative estimate of drug-likeness (QED) is 0.471. The molecule has 2 aliphatic rings. The fraction of sp³-hybridized carbons (Fsp3) is 0.500. The molecule has 5 heterocycles. The van der Waals surface area contributed by atoms with Gasteiger partial charge in [0.1, 0.15) is 18.0 Å². The van der Waals surface area contributed by atoms with E-state index in [2.05, 4.69) is 37.2 Å². The summed E-state index contributed by atoms with van der Waals surface area (Å²) in [5.74, 6) is 1.42. The molecular weight excluding hydrogens is 433 g/mol. The molecule has 4 aromatic rings. The van der Waals surface area contributed by atoms with Gasteiger partial charge in [0.2, 0.25) is 5.95 Å². The van der Waals surface area contributed by atoms with Crippen LogP contribution in [0.25, 0.3) is 27.9 Å². The second-order valence-electron chi connectivity index (χ2n) is 9.49. The smallest absolute Gasteiger partial charge is 0.241 e. The average molecular weight is 464 g/mol. The van der Waals surface area contributed by atoms with E-state index in [0.717, 1.165) is 67.1 Å². The van der Waals surface area contributed by atoms with Crippen molar-refractivity contribution in [2.75, 3.05) is 45.2 Å². The van der Waals surface area contributed by atoms with Gasteiger partial charge < -0.3 is 14.8 Å². The van der Waals surface area contributed by atoms with Gasteiger partial charge in [-0.3, -0.25) is 4.90 Å². The van der Waals surface area contributed by atoms with Crippen molar-refractivity contribution in [3.05, 3.63) is 36.4 Å². The number of nitrogens with one attached hydrogen (secondary N) is 1. The van der Waals surface area contributed by atoms with E-state index >= 15 is 0 Å². The van der Waals surface area contributed by atoms with Gasteiger partial charge in [0, 0.05) is 50.0 Å². The fourth-order valence-electron chi connectivity index (χ4n) is 5.17. The molecule has 2 fully saturated rings. The van der Waals surface area contributed by atoms with Crippen molar-refractivity contribution in [2.45, 2.75) is 38.4 Å². The number of aryl methyl sites for hydroxylation is 2. The van der Waals surface area contributed by atoms with E-state index in [0.29, 0.717) is 23.7 Å². The zero-order valence-electron chi connectivity index (χ0n) is 19.7. The molecule has 0 bridgehead atoms. The van der Waals surface area contributed by atoms with Crippen LogP contribution < -0.4 is 5.32 Å². The molecule has 0 atom stereocenters. The third kappa shape index (κ3) is 3.80. The highest BCUT2D eigenvalue weighted by Crippen LogP contribution is 2.30. The van der Waals surface area contributed by atoms with Gasteiger partial charge in [0.05, 0.1) is 24.0 Å². The Hall–Kier alpha value is -3.11. The molecule has 1 aliphatic heterocycles. The van der Waals surface area contributed by atoms with E-state index in [1.807, 2.05) is 46.6 Å². The van der Waals surface area contributed by atoms with Crippen LogP contribution in [0, 0.1) is 6.92 Å². The zero-order valence-corrected chi connectivity index (χ0v) is 19.7. The highest BCUT2D eigenvalue weighted by Gasteiger charge is 2.35. The van der Waals surface area contributed by atoms with E-state index in [4.69, 9.17) is 4.98 Å². The third-order valence-electron chi connectivity index (χ3n) is 7.28. The van der Waals surface area contributed by atoms with Crippen LogP contribution in [0.1, 0.15) is 18.7 Å². The van der Waals surface area contributed by atoms with Crippen molar-refractivity contribution in [1.82, 2.24) is 38.9 Å². The Morgan fingerprint density at radius 1 is 1.09 bits per heavy atom. The molecule has 34 heavy (non-hydrogen) atoms. The number of hydrogen-bond acceptors (Lipinski definition) is 7.